The molecule has 0 unspecified atom stereocenters. The van der Waals surface area contributed by atoms with E-state index in [9.17, 15) is 4.79 Å². The molecule has 0 aliphatic rings. The van der Waals surface area contributed by atoms with Gasteiger partial charge in [0, 0.05) is 19.3 Å². The molecule has 4 heteroatoms. The highest BCUT2D eigenvalue weighted by Crippen LogP contribution is 2.21. The van der Waals surface area contributed by atoms with Crippen LogP contribution >= 0.6 is 0 Å². The highest BCUT2D eigenvalue weighted by atomic mass is 16.5. The summed E-state index contributed by atoms with van der Waals surface area (Å²) >= 11 is 0. The Kier molecular flexibility index (Phi) is 4.48. The second-order valence-electron chi connectivity index (χ2n) is 5.10. The van der Waals surface area contributed by atoms with Crippen LogP contribution < -0.4 is 10.5 Å². The van der Waals surface area contributed by atoms with Crippen molar-refractivity contribution in [1.82, 2.24) is 4.90 Å². The van der Waals surface area contributed by atoms with Gasteiger partial charge in [-0.15, -0.1) is 0 Å². The van der Waals surface area contributed by atoms with E-state index >= 15 is 0 Å². The number of hydrogen-bond acceptors (Lipinski definition) is 3. The Labute approximate surface area is 125 Å². The van der Waals surface area contributed by atoms with Crippen LogP contribution in [0.4, 0.5) is 5.69 Å². The maximum atomic E-state index is 12.5. The summed E-state index contributed by atoms with van der Waals surface area (Å²) in [7, 11) is 3.33. The van der Waals surface area contributed by atoms with Crippen molar-refractivity contribution >= 4 is 11.6 Å². The molecule has 0 heterocycles. The molecule has 0 radical (unpaired) electrons. The van der Waals surface area contributed by atoms with Gasteiger partial charge in [-0.1, -0.05) is 29.8 Å². The number of hydrogen-bond donors (Lipinski definition) is 1. The number of carbonyl (C=O) groups excluding carboxylic acids is 1. The van der Waals surface area contributed by atoms with Crippen molar-refractivity contribution in [3.63, 3.8) is 0 Å². The van der Waals surface area contributed by atoms with E-state index in [1.165, 1.54) is 5.56 Å². The zero-order valence-electron chi connectivity index (χ0n) is 12.6. The van der Waals surface area contributed by atoms with E-state index in [2.05, 4.69) is 0 Å². The van der Waals surface area contributed by atoms with Crippen molar-refractivity contribution < 1.29 is 9.53 Å². The lowest BCUT2D eigenvalue weighted by atomic mass is 10.1. The average Bonchev–Trinajstić information content (AvgIpc) is 2.49. The average molecular weight is 284 g/mol. The van der Waals surface area contributed by atoms with Gasteiger partial charge in [0.2, 0.25) is 0 Å². The van der Waals surface area contributed by atoms with E-state index in [4.69, 9.17) is 10.5 Å². The van der Waals surface area contributed by atoms with Crippen LogP contribution in [0.5, 0.6) is 5.75 Å². The number of nitrogen functional groups attached to an aromatic ring is 1. The molecule has 0 atom stereocenters. The number of benzene rings is 2. The van der Waals surface area contributed by atoms with E-state index in [1.54, 1.807) is 37.3 Å². The fourth-order valence-corrected chi connectivity index (χ4v) is 2.09. The molecule has 0 aromatic heterocycles. The van der Waals surface area contributed by atoms with Crippen molar-refractivity contribution in [2.75, 3.05) is 19.9 Å². The number of amides is 1. The predicted molar refractivity (Wildman–Crippen MR) is 84.4 cm³/mol. The van der Waals surface area contributed by atoms with Crippen molar-refractivity contribution in [3.8, 4) is 5.75 Å². The second kappa shape index (κ2) is 6.31. The van der Waals surface area contributed by atoms with Gasteiger partial charge in [-0.2, -0.15) is 0 Å². The van der Waals surface area contributed by atoms with Crippen LogP contribution in [0.2, 0.25) is 0 Å². The third kappa shape index (κ3) is 3.54. The molecule has 110 valence electrons. The number of methoxy groups -OCH3 is 1. The highest BCUT2D eigenvalue weighted by Gasteiger charge is 2.16. The Hall–Kier alpha value is -2.49. The molecular formula is C17H20N2O2. The first-order valence-corrected chi connectivity index (χ1v) is 6.76. The predicted octanol–water partition coefficient (Wildman–Crippen LogP) is 2.86. The number of aryl methyl sites for hydroxylation is 1. The first-order chi connectivity index (χ1) is 10.0. The summed E-state index contributed by atoms with van der Waals surface area (Å²) in [4.78, 5) is 14.1. The van der Waals surface area contributed by atoms with Gasteiger partial charge < -0.3 is 15.4 Å². The maximum Gasteiger partial charge on any atom is 0.256 e. The molecule has 0 spiro atoms. The third-order valence-electron chi connectivity index (χ3n) is 3.38. The van der Waals surface area contributed by atoms with Gasteiger partial charge in [0.05, 0.1) is 12.7 Å². The molecular weight excluding hydrogens is 264 g/mol. The van der Waals surface area contributed by atoms with Crippen LogP contribution in [-0.4, -0.2) is 25.0 Å². The first-order valence-electron chi connectivity index (χ1n) is 6.76. The fourth-order valence-electron chi connectivity index (χ4n) is 2.09. The summed E-state index contributed by atoms with van der Waals surface area (Å²) in [6.07, 6.45) is 0. The zero-order valence-corrected chi connectivity index (χ0v) is 12.6. The van der Waals surface area contributed by atoms with E-state index in [-0.39, 0.29) is 5.91 Å². The van der Waals surface area contributed by atoms with E-state index in [0.29, 0.717) is 23.5 Å². The van der Waals surface area contributed by atoms with Crippen LogP contribution in [0.15, 0.2) is 42.5 Å². The van der Waals surface area contributed by atoms with Gasteiger partial charge in [0.1, 0.15) is 5.75 Å². The number of nitrogens with zero attached hydrogens (tertiary/aromatic N) is 1. The maximum absolute atomic E-state index is 12.5. The second-order valence-corrected chi connectivity index (χ2v) is 5.10. The number of ether oxygens (including phenoxy) is 1. The van der Waals surface area contributed by atoms with Gasteiger partial charge in [0.25, 0.3) is 5.91 Å². The summed E-state index contributed by atoms with van der Waals surface area (Å²) < 4.78 is 5.14. The van der Waals surface area contributed by atoms with E-state index in [1.807, 2.05) is 31.2 Å². The summed E-state index contributed by atoms with van der Waals surface area (Å²) in [5.74, 6) is 0.503. The molecule has 2 aromatic carbocycles. The zero-order chi connectivity index (χ0) is 15.4. The van der Waals surface area contributed by atoms with Gasteiger partial charge in [-0.3, -0.25) is 4.79 Å². The molecule has 0 bridgehead atoms. The minimum atomic E-state index is -0.119. The molecule has 0 saturated carbocycles. The lowest BCUT2D eigenvalue weighted by Crippen LogP contribution is -2.27. The smallest absolute Gasteiger partial charge is 0.256 e. The quantitative estimate of drug-likeness (QED) is 0.878. The number of carbonyl (C=O) groups is 1. The summed E-state index contributed by atoms with van der Waals surface area (Å²) in [5.41, 5.74) is 9.09. The van der Waals surface area contributed by atoms with Crippen LogP contribution in [0.1, 0.15) is 21.5 Å². The van der Waals surface area contributed by atoms with Gasteiger partial charge in [0.15, 0.2) is 0 Å². The normalized spacial score (nSPS) is 10.2. The largest absolute Gasteiger partial charge is 0.497 e. The van der Waals surface area contributed by atoms with Crippen molar-refractivity contribution in [3.05, 3.63) is 59.2 Å². The molecule has 1 amide bonds. The lowest BCUT2D eigenvalue weighted by Gasteiger charge is -2.19. The molecule has 21 heavy (non-hydrogen) atoms. The van der Waals surface area contributed by atoms with Crippen molar-refractivity contribution in [1.29, 1.82) is 0 Å². The topological polar surface area (TPSA) is 55.6 Å². The molecule has 0 fully saturated rings. The van der Waals surface area contributed by atoms with Crippen molar-refractivity contribution in [2.45, 2.75) is 13.5 Å². The molecule has 2 aromatic rings. The molecule has 0 saturated heterocycles. The summed E-state index contributed by atoms with van der Waals surface area (Å²) in [6.45, 7) is 2.57. The fraction of sp³-hybridized carbons (Fsp3) is 0.235. The Balaban J connectivity index is 2.17. The van der Waals surface area contributed by atoms with Gasteiger partial charge in [-0.25, -0.2) is 0 Å². The first kappa shape index (κ1) is 14.9. The van der Waals surface area contributed by atoms with Gasteiger partial charge in [-0.05, 0) is 30.7 Å². The Morgan fingerprint density at radius 1 is 1.19 bits per heavy atom. The molecule has 2 N–H and O–H groups in total. The van der Waals surface area contributed by atoms with Crippen LogP contribution in [0.3, 0.4) is 0 Å². The van der Waals surface area contributed by atoms with Crippen LogP contribution in [0, 0.1) is 6.92 Å². The van der Waals surface area contributed by atoms with Crippen LogP contribution in [-0.2, 0) is 6.54 Å². The minimum absolute atomic E-state index is 0.119. The van der Waals surface area contributed by atoms with E-state index in [0.717, 1.165) is 5.56 Å². The molecule has 0 aliphatic heterocycles. The monoisotopic (exact) mass is 284 g/mol. The molecule has 2 rings (SSSR count). The third-order valence-corrected chi connectivity index (χ3v) is 3.38. The van der Waals surface area contributed by atoms with Crippen LogP contribution in [0.25, 0.3) is 0 Å². The van der Waals surface area contributed by atoms with Crippen molar-refractivity contribution in [2.24, 2.45) is 0 Å². The molecule has 4 nitrogen and oxygen atoms in total. The summed E-state index contributed by atoms with van der Waals surface area (Å²) in [5, 5.41) is 0. The standard InChI is InChI=1S/C17H20N2O2/c1-12-4-6-13(7-5-12)11-19(2)17(20)15-10-14(21-3)8-9-16(15)18/h4-10H,11,18H2,1-3H3. The SMILES string of the molecule is COc1ccc(N)c(C(=O)N(C)Cc2ccc(C)cc2)c1. The Morgan fingerprint density at radius 3 is 2.48 bits per heavy atom. The number of anilines is 1. The van der Waals surface area contributed by atoms with E-state index < -0.39 is 0 Å². The Bertz CT molecular complexity index is 636. The highest BCUT2D eigenvalue weighted by molar-refractivity contribution is 5.99. The summed E-state index contributed by atoms with van der Waals surface area (Å²) in [6, 6.07) is 13.2. The van der Waals surface area contributed by atoms with Gasteiger partial charge >= 0.3 is 0 Å². The number of nitrogens with two attached hydrogens (primary N) is 1. The number of rotatable bonds is 4. The Morgan fingerprint density at radius 2 is 1.86 bits per heavy atom. The minimum Gasteiger partial charge on any atom is -0.497 e. The molecule has 0 aliphatic carbocycles. The lowest BCUT2D eigenvalue weighted by molar-refractivity contribution is 0.0786.